The fourth-order valence-corrected chi connectivity index (χ4v) is 1.16. The predicted octanol–water partition coefficient (Wildman–Crippen LogP) is 2.84. The van der Waals surface area contributed by atoms with Crippen LogP contribution in [0.1, 0.15) is 39.9 Å². The summed E-state index contributed by atoms with van der Waals surface area (Å²) >= 11 is 0. The zero-order chi connectivity index (χ0) is 21.0. The molecule has 1 aliphatic rings. The summed E-state index contributed by atoms with van der Waals surface area (Å²) in [4.78, 5) is 0. The number of aliphatic hydroxyl groups excluding tert-OH is 1. The third kappa shape index (κ3) is 2.80. The van der Waals surface area contributed by atoms with Crippen LogP contribution < -0.4 is 9.47 Å². The number of ether oxygens (including phenoxy) is 2. The molecule has 0 saturated carbocycles. The van der Waals surface area contributed by atoms with Gasteiger partial charge in [0.25, 0.3) is 0 Å². The Morgan fingerprint density at radius 2 is 2.29 bits per heavy atom. The van der Waals surface area contributed by atoms with Crippen LogP contribution in [0.2, 0.25) is 0 Å². The summed E-state index contributed by atoms with van der Waals surface area (Å²) in [6, 6.07) is 2.24. The molecule has 0 amide bonds. The Hall–Kier alpha value is -1.48. The molecule has 1 aromatic rings. The first-order chi connectivity index (χ1) is 12.0. The maximum Gasteiger partial charge on any atom is 0.231 e. The molecule has 2 rings (SSSR count). The predicted molar refractivity (Wildman–Crippen MR) is 67.1 cm³/mol. The highest BCUT2D eigenvalue weighted by Crippen LogP contribution is 2.33. The second-order valence-corrected chi connectivity index (χ2v) is 3.82. The Morgan fingerprint density at radius 3 is 3.06 bits per heavy atom. The van der Waals surface area contributed by atoms with Gasteiger partial charge in [-0.1, -0.05) is 38.8 Å². The quantitative estimate of drug-likeness (QED) is 0.869. The average molecular weight is 244 g/mol. The van der Waals surface area contributed by atoms with Crippen LogP contribution in [-0.4, -0.2) is 18.0 Å². The van der Waals surface area contributed by atoms with Gasteiger partial charge in [-0.25, -0.2) is 0 Å². The fourth-order valence-electron chi connectivity index (χ4n) is 1.16. The van der Waals surface area contributed by atoms with E-state index in [1.807, 2.05) is 0 Å². The Kier molecular flexibility index (Phi) is 1.21. The van der Waals surface area contributed by atoms with Gasteiger partial charge in [-0.2, -0.15) is 0 Å². The zero-order valence-corrected chi connectivity index (χ0v) is 9.07. The SMILES string of the molecule is [2H]/C(=C(/[2H])C(O)C(C)(C([2H])([2H])[2H])C([2H])([2H])[2H])c1ccc2c(c1)OC([2H])([2H])O2. The maximum atomic E-state index is 10.4. The summed E-state index contributed by atoms with van der Waals surface area (Å²) in [5, 5.41) is 10.4. The van der Waals surface area contributed by atoms with E-state index in [0.29, 0.717) is 0 Å². The van der Waals surface area contributed by atoms with E-state index in [4.69, 9.17) is 23.2 Å². The third-order valence-corrected chi connectivity index (χ3v) is 2.15. The molecule has 1 unspecified atom stereocenters. The van der Waals surface area contributed by atoms with Crippen LogP contribution in [-0.2, 0) is 0 Å². The Morgan fingerprint density at radius 1 is 1.53 bits per heavy atom. The number of fused-ring (bicyclic) bond motifs is 1. The fraction of sp³-hybridized carbons (Fsp3) is 0.429. The maximum absolute atomic E-state index is 10.4. The second kappa shape index (κ2) is 4.41. The molecule has 1 atom stereocenters. The highest BCUT2D eigenvalue weighted by Gasteiger charge is 2.19. The van der Waals surface area contributed by atoms with Crippen molar-refractivity contribution in [3.8, 4) is 11.5 Å². The van der Waals surface area contributed by atoms with Crippen molar-refractivity contribution in [1.29, 1.82) is 0 Å². The lowest BCUT2D eigenvalue weighted by molar-refractivity contribution is 0.106. The van der Waals surface area contributed by atoms with Gasteiger partial charge in [0, 0.05) is 8.22 Å². The molecule has 1 N–H and O–H groups in total. The van der Waals surface area contributed by atoms with E-state index in [2.05, 4.69) is 0 Å². The summed E-state index contributed by atoms with van der Waals surface area (Å²) in [5.74, 6) is 0.0254. The van der Waals surface area contributed by atoms with Crippen molar-refractivity contribution < 1.29 is 28.3 Å². The van der Waals surface area contributed by atoms with E-state index in [9.17, 15) is 5.11 Å². The molecule has 0 aromatic heterocycles. The average Bonchev–Trinajstić information content (AvgIpc) is 2.82. The van der Waals surface area contributed by atoms with Crippen LogP contribution in [0.25, 0.3) is 6.05 Å². The summed E-state index contributed by atoms with van der Waals surface area (Å²) in [6.45, 7) is -7.82. The van der Waals surface area contributed by atoms with E-state index in [0.717, 1.165) is 6.92 Å². The van der Waals surface area contributed by atoms with Crippen LogP contribution >= 0.6 is 0 Å². The van der Waals surface area contributed by atoms with Gasteiger partial charge in [-0.3, -0.25) is 0 Å². The van der Waals surface area contributed by atoms with E-state index in [1.54, 1.807) is 0 Å². The van der Waals surface area contributed by atoms with Gasteiger partial charge in [-0.05, 0) is 23.1 Å². The lowest BCUT2D eigenvalue weighted by Crippen LogP contribution is -2.23. The van der Waals surface area contributed by atoms with Crippen molar-refractivity contribution in [2.75, 3.05) is 6.75 Å². The van der Waals surface area contributed by atoms with Gasteiger partial charge >= 0.3 is 0 Å². The third-order valence-electron chi connectivity index (χ3n) is 2.15. The van der Waals surface area contributed by atoms with Gasteiger partial charge in [0.15, 0.2) is 11.5 Å². The Bertz CT molecular complexity index is 751. The standard InChI is InChI=1S/C14H18O3/c1-14(2,3)13(15)7-5-10-4-6-11-12(8-10)17-9-16-11/h4-8,13,15H,9H2,1-3H3/b7-5+/i1D3,2D3,5D,7D,9D2. The molecule has 0 bridgehead atoms. The zero-order valence-electron chi connectivity index (χ0n) is 19.1. The number of aliphatic hydroxyl groups is 1. The molecule has 92 valence electrons. The largest absolute Gasteiger partial charge is 0.454 e. The lowest BCUT2D eigenvalue weighted by atomic mass is 9.89. The molecule has 1 heterocycles. The number of hydrogen-bond acceptors (Lipinski definition) is 3. The minimum atomic E-state index is -3.13. The monoisotopic (exact) mass is 244 g/mol. The minimum absolute atomic E-state index is 0.00228. The highest BCUT2D eigenvalue weighted by molar-refractivity contribution is 5.56. The van der Waals surface area contributed by atoms with Crippen LogP contribution in [0.5, 0.6) is 11.5 Å². The first-order valence-electron chi connectivity index (χ1n) is 9.89. The van der Waals surface area contributed by atoms with E-state index in [1.165, 1.54) is 18.2 Å². The molecule has 0 aliphatic carbocycles. The van der Waals surface area contributed by atoms with Crippen molar-refractivity contribution in [2.45, 2.75) is 26.7 Å². The van der Waals surface area contributed by atoms with Crippen molar-refractivity contribution in [1.82, 2.24) is 0 Å². The highest BCUT2D eigenvalue weighted by atomic mass is 16.7. The topological polar surface area (TPSA) is 38.7 Å². The molecule has 0 radical (unpaired) electrons. The number of benzene rings is 1. The normalized spacial score (nSPS) is 30.7. The van der Waals surface area contributed by atoms with Crippen molar-refractivity contribution in [2.24, 2.45) is 5.41 Å². The molecule has 3 nitrogen and oxygen atoms in total. The molecule has 17 heavy (non-hydrogen) atoms. The Labute approximate surface area is 116 Å². The van der Waals surface area contributed by atoms with E-state index >= 15 is 0 Å². The first-order valence-corrected chi connectivity index (χ1v) is 4.89. The first kappa shape index (κ1) is 4.65. The van der Waals surface area contributed by atoms with Gasteiger partial charge in [0.1, 0.15) is 2.74 Å². The van der Waals surface area contributed by atoms with Crippen LogP contribution in [0.3, 0.4) is 0 Å². The molecule has 3 heteroatoms. The number of rotatable bonds is 2. The Balaban J connectivity index is 2.48. The smallest absolute Gasteiger partial charge is 0.231 e. The lowest BCUT2D eigenvalue weighted by Gasteiger charge is -2.22. The molecule has 0 saturated heterocycles. The van der Waals surface area contributed by atoms with E-state index < -0.39 is 44.1 Å². The molecule has 0 fully saturated rings. The number of hydrogen-bond donors (Lipinski definition) is 1. The van der Waals surface area contributed by atoms with Gasteiger partial charge in [-0.15, -0.1) is 0 Å². The van der Waals surface area contributed by atoms with Gasteiger partial charge in [0.05, 0.1) is 8.85 Å². The molecule has 1 aliphatic heterocycles. The van der Waals surface area contributed by atoms with Gasteiger partial charge < -0.3 is 14.6 Å². The molecular weight excluding hydrogens is 216 g/mol. The van der Waals surface area contributed by atoms with Crippen LogP contribution in [0.4, 0.5) is 0 Å². The molecule has 0 spiro atoms. The summed E-state index contributed by atoms with van der Waals surface area (Å²) < 4.78 is 85.8. The second-order valence-electron chi connectivity index (χ2n) is 3.82. The van der Waals surface area contributed by atoms with Crippen LogP contribution in [0.15, 0.2) is 24.3 Å². The van der Waals surface area contributed by atoms with Crippen molar-refractivity contribution >= 4 is 6.05 Å². The van der Waals surface area contributed by atoms with Crippen molar-refractivity contribution in [3.05, 3.63) is 29.8 Å². The minimum Gasteiger partial charge on any atom is -0.454 e. The molecule has 1 aromatic carbocycles. The van der Waals surface area contributed by atoms with Crippen molar-refractivity contribution in [3.63, 3.8) is 0 Å². The van der Waals surface area contributed by atoms with Gasteiger partial charge in [0.2, 0.25) is 6.75 Å². The van der Waals surface area contributed by atoms with E-state index in [-0.39, 0.29) is 17.1 Å². The summed E-state index contributed by atoms with van der Waals surface area (Å²) in [5.41, 5.74) is -2.67. The summed E-state index contributed by atoms with van der Waals surface area (Å²) in [7, 11) is 0. The summed E-state index contributed by atoms with van der Waals surface area (Å²) in [6.07, 6.45) is -2.28. The van der Waals surface area contributed by atoms with Crippen LogP contribution in [0, 0.1) is 5.41 Å². The molecular formula is C14H18O3.